The molecule has 0 aromatic heterocycles. The first kappa shape index (κ1) is 23.2. The molecule has 8 nitrogen and oxygen atoms in total. The number of carbonyl (C=O) groups is 3. The molecule has 0 aliphatic carbocycles. The van der Waals surface area contributed by atoms with Gasteiger partial charge in [0.15, 0.2) is 5.54 Å². The zero-order valence-electron chi connectivity index (χ0n) is 16.7. The summed E-state index contributed by atoms with van der Waals surface area (Å²) in [5.74, 6) is -5.81. The molecule has 0 radical (unpaired) electrons. The maximum Gasteiger partial charge on any atom is 0.416 e. The van der Waals surface area contributed by atoms with Gasteiger partial charge >= 0.3 is 12.1 Å². The average molecular weight is 444 g/mol. The fraction of sp³-hybridized carbons (Fsp3) is 0.550. The van der Waals surface area contributed by atoms with Crippen LogP contribution in [0.2, 0.25) is 0 Å². The summed E-state index contributed by atoms with van der Waals surface area (Å²) in [6.07, 6.45) is -3.92. The number of likely N-dealkylation sites (tertiary alicyclic amines) is 1. The summed E-state index contributed by atoms with van der Waals surface area (Å²) in [5, 5.41) is 22.3. The summed E-state index contributed by atoms with van der Waals surface area (Å²) in [6.45, 7) is 1.21. The molecule has 0 bridgehead atoms. The SMILES string of the molecule is CCCOCCN1C(=O)C2C(c3cccc(C(F)(F)F)c3)NC(CO)(C(=O)O)C2C1=O. The van der Waals surface area contributed by atoms with Gasteiger partial charge in [0.1, 0.15) is 0 Å². The largest absolute Gasteiger partial charge is 0.480 e. The average Bonchev–Trinajstić information content (AvgIpc) is 3.20. The van der Waals surface area contributed by atoms with E-state index >= 15 is 0 Å². The summed E-state index contributed by atoms with van der Waals surface area (Å²) in [4.78, 5) is 39.0. The number of alkyl halides is 3. The monoisotopic (exact) mass is 444 g/mol. The van der Waals surface area contributed by atoms with Gasteiger partial charge in [-0.25, -0.2) is 0 Å². The molecule has 3 N–H and O–H groups in total. The Hall–Kier alpha value is -2.50. The van der Waals surface area contributed by atoms with Crippen molar-refractivity contribution >= 4 is 17.8 Å². The van der Waals surface area contributed by atoms with Crippen LogP contribution in [0.3, 0.4) is 0 Å². The van der Waals surface area contributed by atoms with E-state index in [0.717, 1.165) is 29.5 Å². The lowest BCUT2D eigenvalue weighted by molar-refractivity contribution is -0.153. The van der Waals surface area contributed by atoms with E-state index in [1.807, 2.05) is 6.92 Å². The smallest absolute Gasteiger partial charge is 0.416 e. The molecule has 2 saturated heterocycles. The number of benzene rings is 1. The highest BCUT2D eigenvalue weighted by atomic mass is 19.4. The van der Waals surface area contributed by atoms with Crippen molar-refractivity contribution in [1.82, 2.24) is 10.2 Å². The maximum atomic E-state index is 13.2. The van der Waals surface area contributed by atoms with Gasteiger partial charge < -0.3 is 14.9 Å². The van der Waals surface area contributed by atoms with E-state index in [1.165, 1.54) is 6.07 Å². The molecule has 2 fully saturated rings. The number of halogens is 3. The van der Waals surface area contributed by atoms with Crippen LogP contribution in [0.1, 0.15) is 30.5 Å². The van der Waals surface area contributed by atoms with Gasteiger partial charge in [0, 0.05) is 12.6 Å². The quantitative estimate of drug-likeness (QED) is 0.408. The van der Waals surface area contributed by atoms with Crippen LogP contribution in [0, 0.1) is 11.8 Å². The van der Waals surface area contributed by atoms with E-state index in [9.17, 15) is 37.8 Å². The molecular formula is C20H23F3N2O6. The Labute approximate surface area is 176 Å². The number of carboxylic acid groups (broad SMARTS) is 1. The van der Waals surface area contributed by atoms with E-state index in [-0.39, 0.29) is 18.7 Å². The van der Waals surface area contributed by atoms with Crippen LogP contribution in [0.4, 0.5) is 13.2 Å². The van der Waals surface area contributed by atoms with Crippen LogP contribution in [0.5, 0.6) is 0 Å². The standard InChI is InChI=1S/C20H23F3N2O6/c1-2-7-31-8-6-25-16(27)13-14(17(25)28)19(10-26,18(29)30)24-15(13)11-4-3-5-12(9-11)20(21,22)23/h3-5,9,13-15,24,26H,2,6-8,10H2,1H3,(H,29,30). The number of nitrogens with zero attached hydrogens (tertiary/aromatic N) is 1. The number of imide groups is 1. The Morgan fingerprint density at radius 1 is 1.26 bits per heavy atom. The second kappa shape index (κ2) is 8.56. The Morgan fingerprint density at radius 3 is 2.55 bits per heavy atom. The number of carbonyl (C=O) groups excluding carboxylic acids is 2. The molecule has 2 aliphatic rings. The summed E-state index contributed by atoms with van der Waals surface area (Å²) >= 11 is 0. The second-order valence-electron chi connectivity index (χ2n) is 7.62. The predicted octanol–water partition coefficient (Wildman–Crippen LogP) is 1.19. The van der Waals surface area contributed by atoms with E-state index in [4.69, 9.17) is 4.74 Å². The summed E-state index contributed by atoms with van der Waals surface area (Å²) in [6, 6.07) is 2.93. The lowest BCUT2D eigenvalue weighted by atomic mass is 9.79. The number of aliphatic hydroxyl groups excluding tert-OH is 1. The molecule has 11 heteroatoms. The van der Waals surface area contributed by atoms with Crippen molar-refractivity contribution in [2.75, 3.05) is 26.4 Å². The summed E-state index contributed by atoms with van der Waals surface area (Å²) in [5.41, 5.74) is -3.16. The highest BCUT2D eigenvalue weighted by molar-refractivity contribution is 6.09. The van der Waals surface area contributed by atoms with Gasteiger partial charge in [0.2, 0.25) is 11.8 Å². The van der Waals surface area contributed by atoms with Gasteiger partial charge in [-0.3, -0.25) is 24.6 Å². The van der Waals surface area contributed by atoms with Crippen LogP contribution >= 0.6 is 0 Å². The molecule has 4 unspecified atom stereocenters. The van der Waals surface area contributed by atoms with Crippen molar-refractivity contribution in [2.45, 2.75) is 31.1 Å². The van der Waals surface area contributed by atoms with Crippen molar-refractivity contribution in [3.8, 4) is 0 Å². The van der Waals surface area contributed by atoms with Gasteiger partial charge in [0.25, 0.3) is 0 Å². The Morgan fingerprint density at radius 2 is 1.97 bits per heavy atom. The minimum atomic E-state index is -4.65. The first-order valence-corrected chi connectivity index (χ1v) is 9.80. The Balaban J connectivity index is 2.00. The second-order valence-corrected chi connectivity index (χ2v) is 7.62. The van der Waals surface area contributed by atoms with E-state index in [2.05, 4.69) is 5.32 Å². The van der Waals surface area contributed by atoms with Gasteiger partial charge in [-0.05, 0) is 24.1 Å². The number of hydrogen-bond donors (Lipinski definition) is 3. The number of carboxylic acids is 1. The van der Waals surface area contributed by atoms with Crippen molar-refractivity contribution in [3.05, 3.63) is 35.4 Å². The third kappa shape index (κ3) is 3.92. The van der Waals surface area contributed by atoms with Gasteiger partial charge in [-0.1, -0.05) is 19.1 Å². The molecule has 2 aliphatic heterocycles. The highest BCUT2D eigenvalue weighted by Gasteiger charge is 2.68. The molecule has 170 valence electrons. The number of fused-ring (bicyclic) bond motifs is 1. The van der Waals surface area contributed by atoms with Crippen molar-refractivity contribution in [1.29, 1.82) is 0 Å². The molecular weight excluding hydrogens is 421 g/mol. The molecule has 2 amide bonds. The fourth-order valence-electron chi connectivity index (χ4n) is 4.29. The molecule has 31 heavy (non-hydrogen) atoms. The zero-order chi connectivity index (χ0) is 23.0. The topological polar surface area (TPSA) is 116 Å². The lowest BCUT2D eigenvalue weighted by Gasteiger charge is -2.29. The normalized spacial score (nSPS) is 28.3. The van der Waals surface area contributed by atoms with Crippen LogP contribution in [0.15, 0.2) is 24.3 Å². The molecule has 3 rings (SSSR count). The number of ether oxygens (including phenoxy) is 1. The van der Waals surface area contributed by atoms with Crippen LogP contribution < -0.4 is 5.32 Å². The number of aliphatic carboxylic acids is 1. The van der Waals surface area contributed by atoms with E-state index < -0.39 is 59.5 Å². The fourth-order valence-corrected chi connectivity index (χ4v) is 4.29. The van der Waals surface area contributed by atoms with Crippen LogP contribution in [0.25, 0.3) is 0 Å². The lowest BCUT2D eigenvalue weighted by Crippen LogP contribution is -2.58. The molecule has 1 aromatic carbocycles. The van der Waals surface area contributed by atoms with Crippen molar-refractivity contribution in [3.63, 3.8) is 0 Å². The molecule has 2 heterocycles. The summed E-state index contributed by atoms with van der Waals surface area (Å²) in [7, 11) is 0. The number of aliphatic hydroxyl groups is 1. The van der Waals surface area contributed by atoms with Gasteiger partial charge in [0.05, 0.1) is 37.2 Å². The number of hydrogen-bond acceptors (Lipinski definition) is 6. The van der Waals surface area contributed by atoms with E-state index in [1.54, 1.807) is 0 Å². The van der Waals surface area contributed by atoms with Crippen LogP contribution in [-0.4, -0.2) is 64.8 Å². The Bertz CT molecular complexity index is 877. The van der Waals surface area contributed by atoms with Gasteiger partial charge in [-0.15, -0.1) is 0 Å². The Kier molecular flexibility index (Phi) is 6.40. The van der Waals surface area contributed by atoms with Gasteiger partial charge in [-0.2, -0.15) is 13.2 Å². The first-order chi connectivity index (χ1) is 14.6. The minimum Gasteiger partial charge on any atom is -0.480 e. The predicted molar refractivity (Wildman–Crippen MR) is 99.6 cm³/mol. The minimum absolute atomic E-state index is 0.00614. The third-order valence-electron chi connectivity index (χ3n) is 5.76. The third-order valence-corrected chi connectivity index (χ3v) is 5.76. The molecule has 4 atom stereocenters. The van der Waals surface area contributed by atoms with Crippen LogP contribution in [-0.2, 0) is 25.3 Å². The highest BCUT2D eigenvalue weighted by Crippen LogP contribution is 2.49. The number of amides is 2. The van der Waals surface area contributed by atoms with Crippen molar-refractivity contribution < 1.29 is 42.5 Å². The molecule has 0 saturated carbocycles. The number of rotatable bonds is 8. The molecule has 0 spiro atoms. The van der Waals surface area contributed by atoms with Crippen molar-refractivity contribution in [2.24, 2.45) is 11.8 Å². The number of nitrogens with one attached hydrogen (secondary N) is 1. The summed E-state index contributed by atoms with van der Waals surface area (Å²) < 4.78 is 44.8. The maximum absolute atomic E-state index is 13.2. The zero-order valence-corrected chi connectivity index (χ0v) is 16.7. The van der Waals surface area contributed by atoms with E-state index in [0.29, 0.717) is 6.61 Å². The first-order valence-electron chi connectivity index (χ1n) is 9.80. The molecule has 1 aromatic rings.